The number of piperidine rings is 2. The van der Waals surface area contributed by atoms with E-state index in [4.69, 9.17) is 5.73 Å². The molecule has 3 N–H and O–H groups in total. The number of likely N-dealkylation sites (tertiary alicyclic amines) is 1. The summed E-state index contributed by atoms with van der Waals surface area (Å²) in [4.78, 5) is 20.4. The Morgan fingerprint density at radius 1 is 1.45 bits per heavy atom. The van der Waals surface area contributed by atoms with Crippen LogP contribution in [0.4, 0.5) is 5.82 Å². The second-order valence-electron chi connectivity index (χ2n) is 6.67. The molecule has 0 radical (unpaired) electrons. The van der Waals surface area contributed by atoms with Crippen molar-refractivity contribution in [3.63, 3.8) is 0 Å². The van der Waals surface area contributed by atoms with Crippen LogP contribution in [0.15, 0.2) is 18.3 Å². The number of carbonyl (C=O) groups is 1. The molecule has 0 bridgehead atoms. The summed E-state index contributed by atoms with van der Waals surface area (Å²) >= 11 is 0. The Morgan fingerprint density at radius 2 is 2.27 bits per heavy atom. The van der Waals surface area contributed by atoms with E-state index in [1.807, 2.05) is 0 Å². The fourth-order valence-corrected chi connectivity index (χ4v) is 3.95. The molecular weight excluding hydrogens is 280 g/mol. The van der Waals surface area contributed by atoms with Crippen molar-refractivity contribution in [2.45, 2.75) is 25.4 Å². The van der Waals surface area contributed by atoms with E-state index in [0.29, 0.717) is 11.4 Å². The van der Waals surface area contributed by atoms with Crippen molar-refractivity contribution in [1.29, 1.82) is 0 Å². The SMILES string of the molecule is CN1CC[C@H](O)[C@@]2(CCCN(c3ncccc3C(N)=O)C2)C1. The Balaban J connectivity index is 1.89. The van der Waals surface area contributed by atoms with Gasteiger partial charge < -0.3 is 20.6 Å². The quantitative estimate of drug-likeness (QED) is 0.829. The van der Waals surface area contributed by atoms with E-state index < -0.39 is 5.91 Å². The van der Waals surface area contributed by atoms with E-state index in [9.17, 15) is 9.90 Å². The molecule has 2 atom stereocenters. The third-order valence-electron chi connectivity index (χ3n) is 5.04. The van der Waals surface area contributed by atoms with Crippen molar-refractivity contribution in [1.82, 2.24) is 9.88 Å². The van der Waals surface area contributed by atoms with Crippen LogP contribution in [-0.4, -0.2) is 60.2 Å². The molecule has 1 aromatic heterocycles. The van der Waals surface area contributed by atoms with Crippen LogP contribution in [0.1, 0.15) is 29.6 Å². The zero-order valence-electron chi connectivity index (χ0n) is 13.0. The summed E-state index contributed by atoms with van der Waals surface area (Å²) in [6.07, 6.45) is 4.18. The maximum Gasteiger partial charge on any atom is 0.252 e. The van der Waals surface area contributed by atoms with E-state index in [0.717, 1.165) is 45.4 Å². The van der Waals surface area contributed by atoms with Gasteiger partial charge in [0.15, 0.2) is 0 Å². The van der Waals surface area contributed by atoms with Crippen molar-refractivity contribution < 1.29 is 9.90 Å². The van der Waals surface area contributed by atoms with Crippen LogP contribution in [-0.2, 0) is 0 Å². The minimum Gasteiger partial charge on any atom is -0.392 e. The van der Waals surface area contributed by atoms with Crippen LogP contribution in [0.2, 0.25) is 0 Å². The predicted octanol–water partition coefficient (Wildman–Crippen LogP) is 0.464. The molecule has 3 heterocycles. The molecule has 0 aliphatic carbocycles. The summed E-state index contributed by atoms with van der Waals surface area (Å²) in [5, 5.41) is 10.6. The number of nitrogens with two attached hydrogens (primary N) is 1. The first-order chi connectivity index (χ1) is 10.5. The molecule has 6 heteroatoms. The Kier molecular flexibility index (Phi) is 4.06. The third kappa shape index (κ3) is 2.68. The summed E-state index contributed by atoms with van der Waals surface area (Å²) in [6, 6.07) is 3.45. The van der Waals surface area contributed by atoms with Crippen LogP contribution >= 0.6 is 0 Å². The van der Waals surface area contributed by atoms with Crippen LogP contribution in [0.5, 0.6) is 0 Å². The van der Waals surface area contributed by atoms with E-state index >= 15 is 0 Å². The van der Waals surface area contributed by atoms with Gasteiger partial charge in [0.25, 0.3) is 5.91 Å². The lowest BCUT2D eigenvalue weighted by Crippen LogP contribution is -2.58. The number of carbonyl (C=O) groups excluding carboxylic acids is 1. The maximum absolute atomic E-state index is 11.6. The first-order valence-corrected chi connectivity index (χ1v) is 7.88. The van der Waals surface area contributed by atoms with Crippen LogP contribution in [0, 0.1) is 5.41 Å². The van der Waals surface area contributed by atoms with Gasteiger partial charge >= 0.3 is 0 Å². The number of hydrogen-bond donors (Lipinski definition) is 2. The molecule has 2 fully saturated rings. The summed E-state index contributed by atoms with van der Waals surface area (Å²) in [5.74, 6) is 0.193. The molecule has 2 aliphatic rings. The molecule has 3 rings (SSSR count). The average Bonchev–Trinajstić information content (AvgIpc) is 2.51. The standard InChI is InChI=1S/C16H24N4O2/c1-19-9-5-13(21)16(10-19)6-3-8-20(11-16)15-12(14(17)22)4-2-7-18-15/h2,4,7,13,21H,3,5-6,8-11H2,1H3,(H2,17,22)/t13-,16-/m0/s1. The second-order valence-corrected chi connectivity index (χ2v) is 6.67. The second kappa shape index (κ2) is 5.85. The largest absolute Gasteiger partial charge is 0.392 e. The third-order valence-corrected chi connectivity index (χ3v) is 5.04. The van der Waals surface area contributed by atoms with Crippen molar-refractivity contribution in [2.75, 3.05) is 38.1 Å². The van der Waals surface area contributed by atoms with Crippen molar-refractivity contribution in [3.05, 3.63) is 23.9 Å². The summed E-state index contributed by atoms with van der Waals surface area (Å²) < 4.78 is 0. The number of primary amides is 1. The molecule has 0 unspecified atom stereocenters. The van der Waals surface area contributed by atoms with Gasteiger partial charge in [0.2, 0.25) is 0 Å². The molecular formula is C16H24N4O2. The molecule has 1 amide bonds. The van der Waals surface area contributed by atoms with Gasteiger partial charge in [-0.15, -0.1) is 0 Å². The maximum atomic E-state index is 11.6. The fourth-order valence-electron chi connectivity index (χ4n) is 3.95. The first-order valence-electron chi connectivity index (χ1n) is 7.88. The Morgan fingerprint density at radius 3 is 3.05 bits per heavy atom. The topological polar surface area (TPSA) is 82.7 Å². The molecule has 6 nitrogen and oxygen atoms in total. The van der Waals surface area contributed by atoms with Gasteiger partial charge in [-0.1, -0.05) is 0 Å². The highest BCUT2D eigenvalue weighted by molar-refractivity contribution is 5.97. The number of pyridine rings is 1. The highest BCUT2D eigenvalue weighted by Gasteiger charge is 2.45. The number of rotatable bonds is 2. The van der Waals surface area contributed by atoms with E-state index in [1.165, 1.54) is 0 Å². The number of nitrogens with zero attached hydrogens (tertiary/aromatic N) is 3. The molecule has 0 saturated carbocycles. The minimum atomic E-state index is -0.455. The minimum absolute atomic E-state index is 0.141. The van der Waals surface area contributed by atoms with Crippen LogP contribution in [0.3, 0.4) is 0 Å². The van der Waals surface area contributed by atoms with Crippen LogP contribution in [0.25, 0.3) is 0 Å². The number of anilines is 1. The smallest absolute Gasteiger partial charge is 0.252 e. The van der Waals surface area contributed by atoms with E-state index in [2.05, 4.69) is 21.8 Å². The molecule has 2 saturated heterocycles. The lowest BCUT2D eigenvalue weighted by molar-refractivity contribution is -0.0466. The summed E-state index contributed by atoms with van der Waals surface area (Å²) in [7, 11) is 2.10. The normalized spacial score (nSPS) is 29.7. The predicted molar refractivity (Wildman–Crippen MR) is 84.8 cm³/mol. The lowest BCUT2D eigenvalue weighted by atomic mass is 9.71. The number of hydrogen-bond acceptors (Lipinski definition) is 5. The summed E-state index contributed by atoms with van der Waals surface area (Å²) in [6.45, 7) is 3.37. The monoisotopic (exact) mass is 304 g/mol. The van der Waals surface area contributed by atoms with Crippen molar-refractivity contribution in [3.8, 4) is 0 Å². The van der Waals surface area contributed by atoms with Gasteiger partial charge in [0, 0.05) is 37.8 Å². The van der Waals surface area contributed by atoms with Gasteiger partial charge in [0.05, 0.1) is 11.7 Å². The van der Waals surface area contributed by atoms with Gasteiger partial charge in [-0.25, -0.2) is 4.98 Å². The van der Waals surface area contributed by atoms with Gasteiger partial charge in [-0.05, 0) is 38.4 Å². The Labute approximate surface area is 130 Å². The highest BCUT2D eigenvalue weighted by Crippen LogP contribution is 2.39. The van der Waals surface area contributed by atoms with E-state index in [-0.39, 0.29) is 11.5 Å². The zero-order valence-corrected chi connectivity index (χ0v) is 13.0. The first kappa shape index (κ1) is 15.2. The van der Waals surface area contributed by atoms with Gasteiger partial charge in [0.1, 0.15) is 5.82 Å². The Bertz CT molecular complexity index is 565. The number of amides is 1. The molecule has 22 heavy (non-hydrogen) atoms. The van der Waals surface area contributed by atoms with Crippen molar-refractivity contribution in [2.24, 2.45) is 11.1 Å². The highest BCUT2D eigenvalue weighted by atomic mass is 16.3. The lowest BCUT2D eigenvalue weighted by Gasteiger charge is -2.50. The molecule has 1 aromatic rings. The number of aliphatic hydroxyl groups is 1. The van der Waals surface area contributed by atoms with Gasteiger partial charge in [-0.3, -0.25) is 4.79 Å². The fraction of sp³-hybridized carbons (Fsp3) is 0.625. The number of aromatic nitrogens is 1. The Hall–Kier alpha value is -1.66. The van der Waals surface area contributed by atoms with Crippen molar-refractivity contribution >= 4 is 11.7 Å². The number of aliphatic hydroxyl groups excluding tert-OH is 1. The molecule has 120 valence electrons. The summed E-state index contributed by atoms with van der Waals surface area (Å²) in [5.41, 5.74) is 5.79. The molecule has 0 aromatic carbocycles. The molecule has 1 spiro atoms. The average molecular weight is 304 g/mol. The molecule has 2 aliphatic heterocycles. The van der Waals surface area contributed by atoms with Gasteiger partial charge in [-0.2, -0.15) is 0 Å². The van der Waals surface area contributed by atoms with E-state index in [1.54, 1.807) is 18.3 Å². The van der Waals surface area contributed by atoms with Crippen LogP contribution < -0.4 is 10.6 Å². The zero-order chi connectivity index (χ0) is 15.7.